The minimum atomic E-state index is 0.581. The van der Waals surface area contributed by atoms with Gasteiger partial charge in [-0.2, -0.15) is 0 Å². The van der Waals surface area contributed by atoms with Crippen molar-refractivity contribution >= 4 is 34.8 Å². The van der Waals surface area contributed by atoms with Gasteiger partial charge in [0.2, 0.25) is 0 Å². The quantitative estimate of drug-likeness (QED) is 0.512. The Bertz CT molecular complexity index is 573. The van der Waals surface area contributed by atoms with Gasteiger partial charge in [0.15, 0.2) is 0 Å². The number of rotatable bonds is 0. The Hall–Kier alpha value is -0.690. The number of halogens is 3. The molecule has 2 aliphatic rings. The van der Waals surface area contributed by atoms with E-state index in [4.69, 9.17) is 34.8 Å². The maximum absolute atomic E-state index is 6.18. The van der Waals surface area contributed by atoms with E-state index in [1.54, 1.807) is 0 Å². The summed E-state index contributed by atoms with van der Waals surface area (Å²) in [4.78, 5) is 0. The van der Waals surface area contributed by atoms with Crippen LogP contribution in [-0.2, 0) is 0 Å². The lowest BCUT2D eigenvalue weighted by molar-refractivity contribution is 1.70. The molecule has 2 aliphatic carbocycles. The first-order chi connectivity index (χ1) is 7.18. The molecule has 0 saturated carbocycles. The zero-order valence-electron chi connectivity index (χ0n) is 7.52. The van der Waals surface area contributed by atoms with Crippen molar-refractivity contribution in [1.29, 1.82) is 0 Å². The average molecular weight is 256 g/mol. The first-order valence-electron chi connectivity index (χ1n) is 4.47. The highest BCUT2D eigenvalue weighted by atomic mass is 35.5. The lowest BCUT2D eigenvalue weighted by Gasteiger charge is -2.04. The van der Waals surface area contributed by atoms with Gasteiger partial charge in [0.25, 0.3) is 0 Å². The number of fused-ring (bicyclic) bond motifs is 2. The molecule has 0 nitrogen and oxygen atoms in total. The third-order valence-corrected chi connectivity index (χ3v) is 3.86. The summed E-state index contributed by atoms with van der Waals surface area (Å²) in [5.41, 5.74) is 3.86. The van der Waals surface area contributed by atoms with Crippen LogP contribution in [0.2, 0.25) is 15.1 Å². The largest absolute Gasteiger partial charge is 0.0837 e. The molecule has 0 N–H and O–H groups in total. The molecule has 4 bridgehead atoms. The molecule has 0 heterocycles. The maximum Gasteiger partial charge on any atom is 0.0677 e. The Labute approximate surface area is 102 Å². The van der Waals surface area contributed by atoms with Crippen LogP contribution in [0.25, 0.3) is 22.3 Å². The molecule has 0 spiro atoms. The van der Waals surface area contributed by atoms with Gasteiger partial charge < -0.3 is 0 Å². The van der Waals surface area contributed by atoms with E-state index in [0.717, 1.165) is 22.3 Å². The monoisotopic (exact) mass is 254 g/mol. The van der Waals surface area contributed by atoms with Crippen LogP contribution < -0.4 is 0 Å². The molecule has 0 fully saturated rings. The predicted molar refractivity (Wildman–Crippen MR) is 65.9 cm³/mol. The molecule has 0 unspecified atom stereocenters. The molecule has 0 saturated heterocycles. The van der Waals surface area contributed by atoms with E-state index in [1.165, 1.54) is 0 Å². The highest BCUT2D eigenvalue weighted by Crippen LogP contribution is 2.46. The van der Waals surface area contributed by atoms with Crippen LogP contribution in [0.15, 0.2) is 30.3 Å². The zero-order chi connectivity index (χ0) is 10.6. The minimum Gasteiger partial charge on any atom is -0.0837 e. The molecule has 0 atom stereocenters. The van der Waals surface area contributed by atoms with Crippen molar-refractivity contribution in [1.82, 2.24) is 0 Å². The van der Waals surface area contributed by atoms with Crippen molar-refractivity contribution in [2.75, 3.05) is 0 Å². The second-order valence-corrected chi connectivity index (χ2v) is 4.65. The van der Waals surface area contributed by atoms with Gasteiger partial charge in [-0.25, -0.2) is 0 Å². The van der Waals surface area contributed by atoms with Crippen molar-refractivity contribution in [2.45, 2.75) is 0 Å². The SMILES string of the molecule is Clc1ccc2cc1-c1ccc-2c(Cl)c1Cl. The van der Waals surface area contributed by atoms with Gasteiger partial charge in [-0.3, -0.25) is 0 Å². The summed E-state index contributed by atoms with van der Waals surface area (Å²) in [6.45, 7) is 0. The summed E-state index contributed by atoms with van der Waals surface area (Å²) in [6.07, 6.45) is 0. The van der Waals surface area contributed by atoms with Crippen molar-refractivity contribution in [3.63, 3.8) is 0 Å². The Morgan fingerprint density at radius 2 is 1.33 bits per heavy atom. The fourth-order valence-electron chi connectivity index (χ4n) is 1.88. The topological polar surface area (TPSA) is 0 Å². The van der Waals surface area contributed by atoms with Gasteiger partial charge in [0, 0.05) is 21.7 Å². The van der Waals surface area contributed by atoms with Crippen LogP contribution in [0.3, 0.4) is 0 Å². The Kier molecular flexibility index (Phi) is 2.00. The second-order valence-electron chi connectivity index (χ2n) is 3.48. The average Bonchev–Trinajstić information content (AvgIpc) is 2.42. The highest BCUT2D eigenvalue weighted by Gasteiger charge is 2.19. The Morgan fingerprint density at radius 3 is 2.13 bits per heavy atom. The fourth-order valence-corrected chi connectivity index (χ4v) is 2.64. The summed E-state index contributed by atoms with van der Waals surface area (Å²) in [7, 11) is 0. The minimum absolute atomic E-state index is 0.581. The molecule has 0 amide bonds. The Morgan fingerprint density at radius 1 is 0.667 bits per heavy atom. The van der Waals surface area contributed by atoms with Crippen LogP contribution in [0.1, 0.15) is 0 Å². The van der Waals surface area contributed by atoms with E-state index in [2.05, 4.69) is 0 Å². The fraction of sp³-hybridized carbons (Fsp3) is 0. The molecular weight excluding hydrogens is 250 g/mol. The van der Waals surface area contributed by atoms with Crippen molar-refractivity contribution in [3.05, 3.63) is 45.4 Å². The normalized spacial score (nSPS) is 11.7. The van der Waals surface area contributed by atoms with Crippen LogP contribution in [0, 0.1) is 0 Å². The van der Waals surface area contributed by atoms with Gasteiger partial charge in [0.1, 0.15) is 0 Å². The number of hydrogen-bond acceptors (Lipinski definition) is 0. The van der Waals surface area contributed by atoms with Crippen LogP contribution in [0.5, 0.6) is 0 Å². The summed E-state index contributed by atoms with van der Waals surface area (Å²) in [5.74, 6) is 0. The van der Waals surface area contributed by atoms with E-state index in [1.807, 2.05) is 30.3 Å². The van der Waals surface area contributed by atoms with E-state index in [9.17, 15) is 0 Å². The summed E-state index contributed by atoms with van der Waals surface area (Å²) in [6, 6.07) is 9.77. The van der Waals surface area contributed by atoms with Gasteiger partial charge >= 0.3 is 0 Å². The summed E-state index contributed by atoms with van der Waals surface area (Å²) >= 11 is 18.5. The molecule has 0 aromatic heterocycles. The maximum atomic E-state index is 6.18. The summed E-state index contributed by atoms with van der Waals surface area (Å²) in [5, 5.41) is 1.88. The lowest BCUT2D eigenvalue weighted by Crippen LogP contribution is -1.77. The molecule has 0 aliphatic heterocycles. The van der Waals surface area contributed by atoms with E-state index >= 15 is 0 Å². The predicted octanol–water partition coefficient (Wildman–Crippen LogP) is 5.29. The van der Waals surface area contributed by atoms with E-state index in [0.29, 0.717) is 15.1 Å². The smallest absolute Gasteiger partial charge is 0.0677 e. The number of benzene rings is 2. The molecule has 4 rings (SSSR count). The Balaban J connectivity index is 2.54. The van der Waals surface area contributed by atoms with E-state index in [-0.39, 0.29) is 0 Å². The standard InChI is InChI=1S/C12H5Cl3/c13-10-4-1-6-5-9(10)8-3-2-7(6)11(14)12(8)15/h1-5H. The molecule has 15 heavy (non-hydrogen) atoms. The van der Waals surface area contributed by atoms with Crippen LogP contribution >= 0.6 is 34.8 Å². The highest BCUT2D eigenvalue weighted by molar-refractivity contribution is 6.46. The lowest BCUT2D eigenvalue weighted by atomic mass is 10.1. The molecular formula is C12H5Cl3. The van der Waals surface area contributed by atoms with Crippen molar-refractivity contribution < 1.29 is 0 Å². The molecule has 74 valence electrons. The molecule has 2 aromatic rings. The first kappa shape index (κ1) is 9.53. The van der Waals surface area contributed by atoms with E-state index < -0.39 is 0 Å². The van der Waals surface area contributed by atoms with Crippen molar-refractivity contribution in [3.8, 4) is 22.3 Å². The summed E-state index contributed by atoms with van der Waals surface area (Å²) < 4.78 is 0. The van der Waals surface area contributed by atoms with Crippen molar-refractivity contribution in [2.24, 2.45) is 0 Å². The first-order valence-corrected chi connectivity index (χ1v) is 5.60. The third-order valence-electron chi connectivity index (χ3n) is 2.65. The van der Waals surface area contributed by atoms with Gasteiger partial charge in [-0.05, 0) is 17.7 Å². The van der Waals surface area contributed by atoms with Gasteiger partial charge in [-0.1, -0.05) is 53.0 Å². The molecule has 0 radical (unpaired) electrons. The third kappa shape index (κ3) is 1.22. The second kappa shape index (κ2) is 3.15. The molecule has 2 aromatic carbocycles. The van der Waals surface area contributed by atoms with Gasteiger partial charge in [0.05, 0.1) is 10.0 Å². The zero-order valence-corrected chi connectivity index (χ0v) is 9.79. The van der Waals surface area contributed by atoms with Crippen LogP contribution in [0.4, 0.5) is 0 Å². The molecule has 3 heteroatoms. The van der Waals surface area contributed by atoms with Gasteiger partial charge in [-0.15, -0.1) is 0 Å². The van der Waals surface area contributed by atoms with Crippen LogP contribution in [-0.4, -0.2) is 0 Å². The number of hydrogen-bond donors (Lipinski definition) is 0.